The Bertz CT molecular complexity index is 1940. The van der Waals surface area contributed by atoms with E-state index in [1.165, 1.54) is 19.2 Å². The number of aryl methyl sites for hydroxylation is 1. The molecule has 2 atom stereocenters. The fraction of sp³-hybridized carbons (Fsp3) is 0.250. The van der Waals surface area contributed by atoms with Crippen molar-refractivity contribution in [3.05, 3.63) is 113 Å². The SMILES string of the molecule is COC(=O)c1ccc2c(C3CCCCC3F)c(-c3ccc(OS(=O)(=O)c4ccc(C)cc4)cc3OCc3ccccc3)[nH]c2c1. The van der Waals surface area contributed by atoms with Crippen LogP contribution >= 0.6 is 0 Å². The van der Waals surface area contributed by atoms with Gasteiger partial charge in [0, 0.05) is 28.5 Å². The van der Waals surface area contributed by atoms with Gasteiger partial charge in [-0.05, 0) is 67.3 Å². The fourth-order valence-electron chi connectivity index (χ4n) is 5.97. The number of hydrogen-bond donors (Lipinski definition) is 1. The number of alkyl halides is 1. The zero-order valence-corrected chi connectivity index (χ0v) is 25.9. The molecule has 0 radical (unpaired) electrons. The van der Waals surface area contributed by atoms with Crippen LogP contribution in [0.15, 0.2) is 95.9 Å². The van der Waals surface area contributed by atoms with Gasteiger partial charge in [0.05, 0.1) is 18.4 Å². The third-order valence-electron chi connectivity index (χ3n) is 8.29. The van der Waals surface area contributed by atoms with Gasteiger partial charge in [0.15, 0.2) is 0 Å². The molecule has 0 saturated heterocycles. The lowest BCUT2D eigenvalue weighted by Crippen LogP contribution is -2.19. The number of carbonyl (C=O) groups is 1. The minimum Gasteiger partial charge on any atom is -0.488 e. The van der Waals surface area contributed by atoms with Crippen molar-refractivity contribution in [2.24, 2.45) is 0 Å². The van der Waals surface area contributed by atoms with Crippen molar-refractivity contribution in [3.63, 3.8) is 0 Å². The van der Waals surface area contributed by atoms with Crippen molar-refractivity contribution >= 4 is 27.0 Å². The van der Waals surface area contributed by atoms with E-state index in [2.05, 4.69) is 4.98 Å². The van der Waals surface area contributed by atoms with E-state index in [9.17, 15) is 13.2 Å². The van der Waals surface area contributed by atoms with Gasteiger partial charge in [-0.2, -0.15) is 8.42 Å². The topological polar surface area (TPSA) is 94.7 Å². The second-order valence-electron chi connectivity index (χ2n) is 11.4. The highest BCUT2D eigenvalue weighted by Crippen LogP contribution is 2.46. The molecular formula is C36H34FNO6S. The molecule has 1 heterocycles. The maximum absolute atomic E-state index is 15.6. The summed E-state index contributed by atoms with van der Waals surface area (Å²) in [6, 6.07) is 26.1. The molecule has 2 unspecified atom stereocenters. The molecule has 232 valence electrons. The smallest absolute Gasteiger partial charge is 0.339 e. The van der Waals surface area contributed by atoms with Crippen LogP contribution in [-0.2, 0) is 21.5 Å². The molecule has 45 heavy (non-hydrogen) atoms. The Labute approximate surface area is 262 Å². The molecule has 6 rings (SSSR count). The third-order valence-corrected chi connectivity index (χ3v) is 9.55. The van der Waals surface area contributed by atoms with Gasteiger partial charge in [-0.3, -0.25) is 0 Å². The molecular weight excluding hydrogens is 593 g/mol. The number of H-pyrrole nitrogens is 1. The number of aromatic amines is 1. The molecule has 0 bridgehead atoms. The molecule has 1 saturated carbocycles. The van der Waals surface area contributed by atoms with E-state index in [-0.39, 0.29) is 23.2 Å². The molecule has 1 N–H and O–H groups in total. The zero-order chi connectivity index (χ0) is 31.6. The number of fused-ring (bicyclic) bond motifs is 1. The van der Waals surface area contributed by atoms with Gasteiger partial charge in [-0.15, -0.1) is 0 Å². The first-order valence-electron chi connectivity index (χ1n) is 14.9. The van der Waals surface area contributed by atoms with E-state index < -0.39 is 22.3 Å². The van der Waals surface area contributed by atoms with Crippen molar-refractivity contribution in [2.45, 2.75) is 56.2 Å². The second-order valence-corrected chi connectivity index (χ2v) is 12.9. The average Bonchev–Trinajstić information content (AvgIpc) is 3.42. The highest BCUT2D eigenvalue weighted by atomic mass is 32.2. The molecule has 9 heteroatoms. The first kappa shape index (κ1) is 30.4. The Morgan fingerprint density at radius 2 is 1.69 bits per heavy atom. The summed E-state index contributed by atoms with van der Waals surface area (Å²) in [6.07, 6.45) is 1.84. The van der Waals surface area contributed by atoms with Crippen LogP contribution in [0.1, 0.15) is 58.6 Å². The van der Waals surface area contributed by atoms with Crippen LogP contribution in [-0.4, -0.2) is 32.7 Å². The standard InChI is InChI=1S/C36H34FNO6S/c1-23-12-16-27(17-13-23)45(40,41)44-26-15-19-30(33(21-26)43-22-24-8-4-3-5-9-24)35-34(28-10-6-7-11-31(28)37)29-18-14-25(36(39)42-2)20-32(29)38-35/h3-5,8-9,12-21,28,31,38H,6-7,10-11,22H2,1-2H3. The summed E-state index contributed by atoms with van der Waals surface area (Å²) in [6.45, 7) is 2.08. The van der Waals surface area contributed by atoms with Gasteiger partial charge >= 0.3 is 16.1 Å². The number of halogens is 1. The Morgan fingerprint density at radius 3 is 2.42 bits per heavy atom. The minimum atomic E-state index is -4.12. The fourth-order valence-corrected chi connectivity index (χ4v) is 6.89. The Hall–Kier alpha value is -4.63. The monoisotopic (exact) mass is 627 g/mol. The Morgan fingerprint density at radius 1 is 0.933 bits per heavy atom. The van der Waals surface area contributed by atoms with Crippen molar-refractivity contribution in [1.82, 2.24) is 4.98 Å². The molecule has 0 aliphatic heterocycles. The molecule has 0 amide bonds. The van der Waals surface area contributed by atoms with E-state index >= 15 is 4.39 Å². The lowest BCUT2D eigenvalue weighted by atomic mass is 9.80. The van der Waals surface area contributed by atoms with Crippen LogP contribution < -0.4 is 8.92 Å². The average molecular weight is 628 g/mol. The zero-order valence-electron chi connectivity index (χ0n) is 25.1. The summed E-state index contributed by atoms with van der Waals surface area (Å²) < 4.78 is 58.7. The highest BCUT2D eigenvalue weighted by Gasteiger charge is 2.32. The molecule has 4 aromatic carbocycles. The number of ether oxygens (including phenoxy) is 2. The molecule has 1 fully saturated rings. The van der Waals surface area contributed by atoms with E-state index in [0.717, 1.165) is 34.9 Å². The van der Waals surface area contributed by atoms with Crippen LogP contribution in [0.2, 0.25) is 0 Å². The van der Waals surface area contributed by atoms with Gasteiger partial charge in [-0.1, -0.05) is 66.9 Å². The molecule has 1 aliphatic carbocycles. The number of esters is 1. The van der Waals surface area contributed by atoms with Gasteiger partial charge in [0.2, 0.25) is 0 Å². The largest absolute Gasteiger partial charge is 0.488 e. The number of rotatable bonds is 9. The van der Waals surface area contributed by atoms with Crippen LogP contribution in [0.25, 0.3) is 22.2 Å². The Balaban J connectivity index is 1.48. The van der Waals surface area contributed by atoms with Gasteiger partial charge in [0.25, 0.3) is 0 Å². The summed E-state index contributed by atoms with van der Waals surface area (Å²) in [4.78, 5) is 15.8. The number of aromatic nitrogens is 1. The summed E-state index contributed by atoms with van der Waals surface area (Å²) in [7, 11) is -2.79. The molecule has 7 nitrogen and oxygen atoms in total. The van der Waals surface area contributed by atoms with Crippen LogP contribution in [0.5, 0.6) is 11.5 Å². The number of hydrogen-bond acceptors (Lipinski definition) is 6. The normalized spacial score (nSPS) is 16.8. The van der Waals surface area contributed by atoms with Crippen LogP contribution in [0, 0.1) is 6.92 Å². The van der Waals surface area contributed by atoms with Crippen molar-refractivity contribution < 1.29 is 31.3 Å². The van der Waals surface area contributed by atoms with E-state index in [1.807, 2.05) is 43.3 Å². The highest BCUT2D eigenvalue weighted by molar-refractivity contribution is 7.87. The van der Waals surface area contributed by atoms with Crippen molar-refractivity contribution in [3.8, 4) is 22.8 Å². The predicted molar refractivity (Wildman–Crippen MR) is 171 cm³/mol. The third kappa shape index (κ3) is 6.44. The first-order chi connectivity index (χ1) is 21.7. The van der Waals surface area contributed by atoms with E-state index in [1.54, 1.807) is 42.5 Å². The predicted octanol–water partition coefficient (Wildman–Crippen LogP) is 8.27. The lowest BCUT2D eigenvalue weighted by Gasteiger charge is -2.27. The van der Waals surface area contributed by atoms with E-state index in [4.69, 9.17) is 13.7 Å². The Kier molecular flexibility index (Phi) is 8.63. The first-order valence-corrected chi connectivity index (χ1v) is 16.3. The van der Waals surface area contributed by atoms with Crippen LogP contribution in [0.3, 0.4) is 0 Å². The van der Waals surface area contributed by atoms with Gasteiger partial charge < -0.3 is 18.6 Å². The number of benzene rings is 4. The second kappa shape index (κ2) is 12.8. The van der Waals surface area contributed by atoms with E-state index in [0.29, 0.717) is 40.9 Å². The molecule has 1 aliphatic rings. The number of nitrogens with one attached hydrogen (secondary N) is 1. The molecule has 5 aromatic rings. The maximum Gasteiger partial charge on any atom is 0.339 e. The summed E-state index contributed by atoms with van der Waals surface area (Å²) in [5, 5.41) is 0.809. The summed E-state index contributed by atoms with van der Waals surface area (Å²) >= 11 is 0. The molecule has 0 spiro atoms. The minimum absolute atomic E-state index is 0.0366. The van der Waals surface area contributed by atoms with Gasteiger partial charge in [-0.25, -0.2) is 9.18 Å². The van der Waals surface area contributed by atoms with Crippen molar-refractivity contribution in [1.29, 1.82) is 0 Å². The van der Waals surface area contributed by atoms with Crippen LogP contribution in [0.4, 0.5) is 4.39 Å². The summed E-state index contributed by atoms with van der Waals surface area (Å²) in [5.74, 6) is -0.401. The number of carbonyl (C=O) groups excluding carboxylic acids is 1. The lowest BCUT2D eigenvalue weighted by molar-refractivity contribution is 0.0601. The quantitative estimate of drug-likeness (QED) is 0.131. The summed E-state index contributed by atoms with van der Waals surface area (Å²) in [5.41, 5.74) is 4.95. The maximum atomic E-state index is 15.6. The van der Waals surface area contributed by atoms with Crippen molar-refractivity contribution in [2.75, 3.05) is 7.11 Å². The number of methoxy groups -OCH3 is 1. The van der Waals surface area contributed by atoms with Gasteiger partial charge in [0.1, 0.15) is 29.2 Å². The molecule has 1 aromatic heterocycles.